The molecule has 0 radical (unpaired) electrons. The predicted molar refractivity (Wildman–Crippen MR) is 118 cm³/mol. The molecule has 0 aliphatic carbocycles. The summed E-state index contributed by atoms with van der Waals surface area (Å²) in [6.07, 6.45) is 0.531. The number of hydrogen-bond donors (Lipinski definition) is 3. The molecular weight excluding hydrogens is 477 g/mol. The van der Waals surface area contributed by atoms with Gasteiger partial charge >= 0.3 is 0 Å². The molecule has 0 atom stereocenters. The number of amides is 1. The predicted octanol–water partition coefficient (Wildman–Crippen LogP) is 3.03. The smallest absolute Gasteiger partial charge is 0.251 e. The second-order valence-electron chi connectivity index (χ2n) is 5.99. The minimum Gasteiger partial charge on any atom is -0.356 e. The van der Waals surface area contributed by atoms with E-state index in [0.717, 1.165) is 0 Å². The summed E-state index contributed by atoms with van der Waals surface area (Å²) < 4.78 is 27.1. The van der Waals surface area contributed by atoms with Gasteiger partial charge in [0.15, 0.2) is 5.96 Å². The van der Waals surface area contributed by atoms with E-state index >= 15 is 0 Å². The molecule has 0 saturated carbocycles. The summed E-state index contributed by atoms with van der Waals surface area (Å²) in [5.74, 6) is -0.405. The number of carbonyl (C=O) groups excluding carboxylic acids is 1. The van der Waals surface area contributed by atoms with Crippen molar-refractivity contribution in [3.05, 3.63) is 70.8 Å². The van der Waals surface area contributed by atoms with Crippen LogP contribution >= 0.6 is 24.0 Å². The lowest BCUT2D eigenvalue weighted by molar-refractivity contribution is 0.0954. The molecule has 0 heterocycles. The fourth-order valence-electron chi connectivity index (χ4n) is 2.43. The van der Waals surface area contributed by atoms with Gasteiger partial charge < -0.3 is 16.0 Å². The summed E-state index contributed by atoms with van der Waals surface area (Å²) in [6, 6.07) is 11.0. The molecule has 2 aromatic carbocycles. The van der Waals surface area contributed by atoms with E-state index in [9.17, 15) is 13.6 Å². The Balaban J connectivity index is 0.00000392. The lowest BCUT2D eigenvalue weighted by Gasteiger charge is -2.12. The minimum atomic E-state index is -0.403. The van der Waals surface area contributed by atoms with Gasteiger partial charge in [0.2, 0.25) is 0 Å². The van der Waals surface area contributed by atoms with Gasteiger partial charge in [-0.1, -0.05) is 24.3 Å². The average molecular weight is 502 g/mol. The molecule has 0 spiro atoms. The Morgan fingerprint density at radius 1 is 0.964 bits per heavy atom. The molecule has 3 N–H and O–H groups in total. The molecule has 2 rings (SSSR count). The normalized spacial score (nSPS) is 10.8. The van der Waals surface area contributed by atoms with Gasteiger partial charge in [0, 0.05) is 32.2 Å². The van der Waals surface area contributed by atoms with Gasteiger partial charge in [-0.2, -0.15) is 0 Å². The van der Waals surface area contributed by atoms with Crippen molar-refractivity contribution in [2.75, 3.05) is 26.7 Å². The minimum absolute atomic E-state index is 0. The Bertz CT molecular complexity index is 815. The lowest BCUT2D eigenvalue weighted by atomic mass is 10.1. The van der Waals surface area contributed by atoms with E-state index < -0.39 is 5.82 Å². The summed E-state index contributed by atoms with van der Waals surface area (Å²) >= 11 is 0. The van der Waals surface area contributed by atoms with Gasteiger partial charge in [-0.3, -0.25) is 9.79 Å². The van der Waals surface area contributed by atoms with Crippen molar-refractivity contribution in [2.24, 2.45) is 4.99 Å². The van der Waals surface area contributed by atoms with Crippen LogP contribution in [0, 0.1) is 18.6 Å². The number of rotatable bonds is 7. The Morgan fingerprint density at radius 3 is 2.32 bits per heavy atom. The fourth-order valence-corrected chi connectivity index (χ4v) is 2.43. The molecule has 5 nitrogen and oxygen atoms in total. The van der Waals surface area contributed by atoms with E-state index in [1.807, 2.05) is 0 Å². The zero-order valence-corrected chi connectivity index (χ0v) is 18.2. The number of carbonyl (C=O) groups is 1. The maximum Gasteiger partial charge on any atom is 0.251 e. The Morgan fingerprint density at radius 2 is 1.64 bits per heavy atom. The summed E-state index contributed by atoms with van der Waals surface area (Å²) in [6.45, 7) is 2.96. The second-order valence-corrected chi connectivity index (χ2v) is 5.99. The molecule has 0 aliphatic rings. The first-order valence-electron chi connectivity index (χ1n) is 8.73. The van der Waals surface area contributed by atoms with Crippen LogP contribution in [0.3, 0.4) is 0 Å². The molecule has 8 heteroatoms. The molecule has 0 aromatic heterocycles. The van der Waals surface area contributed by atoms with E-state index in [0.29, 0.717) is 43.1 Å². The Labute approximate surface area is 181 Å². The third kappa shape index (κ3) is 7.41. The summed E-state index contributed by atoms with van der Waals surface area (Å²) in [4.78, 5) is 16.1. The maximum atomic E-state index is 13.6. The van der Waals surface area contributed by atoms with Crippen LogP contribution in [0.1, 0.15) is 21.5 Å². The van der Waals surface area contributed by atoms with Gasteiger partial charge in [0.05, 0.1) is 0 Å². The zero-order valence-electron chi connectivity index (χ0n) is 15.9. The first-order valence-corrected chi connectivity index (χ1v) is 8.73. The Hall–Kier alpha value is -2.23. The van der Waals surface area contributed by atoms with Crippen molar-refractivity contribution in [1.29, 1.82) is 0 Å². The molecule has 0 fully saturated rings. The highest BCUT2D eigenvalue weighted by Crippen LogP contribution is 2.09. The van der Waals surface area contributed by atoms with Gasteiger partial charge in [-0.05, 0) is 42.7 Å². The number of nitrogens with zero attached hydrogens (tertiary/aromatic N) is 1. The summed E-state index contributed by atoms with van der Waals surface area (Å²) in [5, 5.41) is 8.86. The Kier molecular flexibility index (Phi) is 10.4. The average Bonchev–Trinajstić information content (AvgIpc) is 2.67. The van der Waals surface area contributed by atoms with E-state index in [1.165, 1.54) is 12.1 Å². The van der Waals surface area contributed by atoms with Crippen LogP contribution in [0.15, 0.2) is 47.5 Å². The number of aliphatic imine (C=N–C) groups is 1. The van der Waals surface area contributed by atoms with Crippen molar-refractivity contribution < 1.29 is 13.6 Å². The largest absolute Gasteiger partial charge is 0.356 e. The summed E-state index contributed by atoms with van der Waals surface area (Å²) in [7, 11) is 1.63. The number of hydrogen-bond acceptors (Lipinski definition) is 2. The second kappa shape index (κ2) is 12.3. The zero-order chi connectivity index (χ0) is 19.6. The quantitative estimate of drug-likeness (QED) is 0.236. The van der Waals surface area contributed by atoms with Crippen LogP contribution in [0.5, 0.6) is 0 Å². The summed E-state index contributed by atoms with van der Waals surface area (Å²) in [5.41, 5.74) is 1.42. The van der Waals surface area contributed by atoms with E-state index in [1.54, 1.807) is 44.3 Å². The number of aryl methyl sites for hydroxylation is 1. The van der Waals surface area contributed by atoms with E-state index in [-0.39, 0.29) is 41.3 Å². The van der Waals surface area contributed by atoms with E-state index in [4.69, 9.17) is 0 Å². The third-order valence-electron chi connectivity index (χ3n) is 4.01. The van der Waals surface area contributed by atoms with Crippen molar-refractivity contribution in [2.45, 2.75) is 13.3 Å². The highest BCUT2D eigenvalue weighted by molar-refractivity contribution is 14.0. The van der Waals surface area contributed by atoms with Gasteiger partial charge in [-0.25, -0.2) is 8.78 Å². The van der Waals surface area contributed by atoms with Gasteiger partial charge in [0.25, 0.3) is 5.91 Å². The third-order valence-corrected chi connectivity index (χ3v) is 4.01. The van der Waals surface area contributed by atoms with Crippen LogP contribution in [0.25, 0.3) is 0 Å². The topological polar surface area (TPSA) is 65.5 Å². The SMILES string of the molecule is CN=C(NCCNC(=O)c1ccc(C)c(F)c1)NCCc1ccccc1F.I. The molecule has 0 bridgehead atoms. The highest BCUT2D eigenvalue weighted by Gasteiger charge is 2.07. The number of halogens is 3. The molecule has 2 aromatic rings. The molecule has 0 aliphatic heterocycles. The van der Waals surface area contributed by atoms with Gasteiger partial charge in [0.1, 0.15) is 11.6 Å². The number of guanidine groups is 1. The lowest BCUT2D eigenvalue weighted by Crippen LogP contribution is -2.42. The first-order chi connectivity index (χ1) is 13.0. The molecular formula is C20H25F2IN4O. The van der Waals surface area contributed by atoms with Crippen LogP contribution < -0.4 is 16.0 Å². The van der Waals surface area contributed by atoms with E-state index in [2.05, 4.69) is 20.9 Å². The number of nitrogens with one attached hydrogen (secondary N) is 3. The van der Waals surface area contributed by atoms with Crippen LogP contribution in [0.2, 0.25) is 0 Å². The van der Waals surface area contributed by atoms with Crippen molar-refractivity contribution in [3.8, 4) is 0 Å². The maximum absolute atomic E-state index is 13.6. The highest BCUT2D eigenvalue weighted by atomic mass is 127. The van der Waals surface area contributed by atoms with Crippen LogP contribution in [0.4, 0.5) is 8.78 Å². The van der Waals surface area contributed by atoms with Crippen molar-refractivity contribution >= 4 is 35.8 Å². The van der Waals surface area contributed by atoms with Gasteiger partial charge in [-0.15, -0.1) is 24.0 Å². The monoisotopic (exact) mass is 502 g/mol. The molecule has 28 heavy (non-hydrogen) atoms. The fraction of sp³-hybridized carbons (Fsp3) is 0.300. The number of benzene rings is 2. The van der Waals surface area contributed by atoms with Crippen LogP contribution in [-0.2, 0) is 6.42 Å². The standard InChI is InChI=1S/C20H24F2N4O.HI/c1-14-7-8-16(13-18(14)22)19(27)24-11-12-26-20(23-2)25-10-9-15-5-3-4-6-17(15)21;/h3-8,13H,9-12H2,1-2H3,(H,24,27)(H2,23,25,26);1H. The van der Waals surface area contributed by atoms with Crippen molar-refractivity contribution in [1.82, 2.24) is 16.0 Å². The molecule has 152 valence electrons. The molecule has 1 amide bonds. The molecule has 0 saturated heterocycles. The van der Waals surface area contributed by atoms with Crippen LogP contribution in [-0.4, -0.2) is 38.5 Å². The van der Waals surface area contributed by atoms with Crippen molar-refractivity contribution in [3.63, 3.8) is 0 Å². The molecule has 0 unspecified atom stereocenters. The first kappa shape index (κ1) is 23.8.